The molecule has 1 saturated heterocycles. The van der Waals surface area contributed by atoms with E-state index in [0.717, 1.165) is 0 Å². The van der Waals surface area contributed by atoms with Gasteiger partial charge in [0.05, 0.1) is 18.8 Å². The maximum atomic E-state index is 9.60. The third-order valence-electron chi connectivity index (χ3n) is 2.67. The van der Waals surface area contributed by atoms with Crippen molar-refractivity contribution in [2.75, 3.05) is 6.61 Å². The van der Waals surface area contributed by atoms with Gasteiger partial charge in [0.15, 0.2) is 0 Å². The third-order valence-corrected chi connectivity index (χ3v) is 2.67. The van der Waals surface area contributed by atoms with Gasteiger partial charge in [0.25, 0.3) is 0 Å². The van der Waals surface area contributed by atoms with E-state index in [9.17, 15) is 10.2 Å². The monoisotopic (exact) mass is 205 g/mol. The van der Waals surface area contributed by atoms with Gasteiger partial charge in [0, 0.05) is 0 Å². The number of aliphatic hydroxyl groups excluding tert-OH is 3. The summed E-state index contributed by atoms with van der Waals surface area (Å²) in [5, 5.41) is 28.0. The van der Waals surface area contributed by atoms with Crippen LogP contribution < -0.4 is 5.73 Å². The number of rotatable bonds is 2. The standard InChI is InChI=1S/C9H19NO4/c1-4(2)9-6(10)8(13)7(12)5(3-11)14-9/h4-9,11-13H,3,10H2,1-2H3/t5?,6?,7-,8?,9+/m1/s1. The molecule has 0 aromatic rings. The molecule has 0 aliphatic carbocycles. The van der Waals surface area contributed by atoms with Crippen LogP contribution in [0.3, 0.4) is 0 Å². The van der Waals surface area contributed by atoms with Gasteiger partial charge in [-0.2, -0.15) is 0 Å². The Hall–Kier alpha value is -0.200. The van der Waals surface area contributed by atoms with Gasteiger partial charge in [-0.3, -0.25) is 0 Å². The molecule has 0 radical (unpaired) electrons. The summed E-state index contributed by atoms with van der Waals surface area (Å²) in [5.74, 6) is 0.140. The highest BCUT2D eigenvalue weighted by molar-refractivity contribution is 4.95. The van der Waals surface area contributed by atoms with Crippen LogP contribution >= 0.6 is 0 Å². The maximum absolute atomic E-state index is 9.60. The van der Waals surface area contributed by atoms with Crippen molar-refractivity contribution in [2.45, 2.75) is 44.3 Å². The Labute approximate surface area is 83.5 Å². The number of hydrogen-bond acceptors (Lipinski definition) is 5. The Morgan fingerprint density at radius 3 is 2.29 bits per heavy atom. The summed E-state index contributed by atoms with van der Waals surface area (Å²) in [6.07, 6.45) is -3.21. The Balaban J connectivity index is 2.73. The molecule has 1 heterocycles. The molecule has 0 bridgehead atoms. The van der Waals surface area contributed by atoms with Crippen molar-refractivity contribution in [2.24, 2.45) is 11.7 Å². The van der Waals surface area contributed by atoms with Gasteiger partial charge in [-0.05, 0) is 5.92 Å². The average molecular weight is 205 g/mol. The highest BCUT2D eigenvalue weighted by atomic mass is 16.5. The minimum Gasteiger partial charge on any atom is -0.394 e. The lowest BCUT2D eigenvalue weighted by molar-refractivity contribution is -0.198. The lowest BCUT2D eigenvalue weighted by Crippen LogP contribution is -2.63. The van der Waals surface area contributed by atoms with Crippen molar-refractivity contribution >= 4 is 0 Å². The second-order valence-electron chi connectivity index (χ2n) is 4.12. The first-order valence-corrected chi connectivity index (χ1v) is 4.87. The van der Waals surface area contributed by atoms with Crippen LogP contribution in [0.1, 0.15) is 13.8 Å². The second-order valence-corrected chi connectivity index (χ2v) is 4.12. The molecular formula is C9H19NO4. The van der Waals surface area contributed by atoms with Gasteiger partial charge in [-0.25, -0.2) is 0 Å². The zero-order chi connectivity index (χ0) is 10.9. The minimum absolute atomic E-state index is 0.140. The number of nitrogens with two attached hydrogens (primary N) is 1. The number of aliphatic hydroxyl groups is 3. The first-order valence-electron chi connectivity index (χ1n) is 4.87. The molecule has 1 aliphatic heterocycles. The summed E-state index contributed by atoms with van der Waals surface area (Å²) >= 11 is 0. The zero-order valence-electron chi connectivity index (χ0n) is 8.50. The second kappa shape index (κ2) is 4.55. The van der Waals surface area contributed by atoms with Crippen LogP contribution in [0.4, 0.5) is 0 Å². The molecule has 0 amide bonds. The normalized spacial score (nSPS) is 44.4. The molecule has 3 unspecified atom stereocenters. The van der Waals surface area contributed by atoms with Crippen LogP contribution in [-0.4, -0.2) is 52.4 Å². The molecule has 5 atom stereocenters. The molecule has 0 saturated carbocycles. The van der Waals surface area contributed by atoms with Crippen LogP contribution in [0.15, 0.2) is 0 Å². The smallest absolute Gasteiger partial charge is 0.110 e. The highest BCUT2D eigenvalue weighted by Crippen LogP contribution is 2.24. The fraction of sp³-hybridized carbons (Fsp3) is 1.00. The quantitative estimate of drug-likeness (QED) is 0.438. The Kier molecular flexibility index (Phi) is 3.86. The topological polar surface area (TPSA) is 95.9 Å². The van der Waals surface area contributed by atoms with Crippen molar-refractivity contribution in [3.05, 3.63) is 0 Å². The van der Waals surface area contributed by atoms with Crippen molar-refractivity contribution < 1.29 is 20.1 Å². The first-order chi connectivity index (χ1) is 6.49. The molecule has 0 spiro atoms. The highest BCUT2D eigenvalue weighted by Gasteiger charge is 2.43. The van der Waals surface area contributed by atoms with E-state index in [2.05, 4.69) is 0 Å². The summed E-state index contributed by atoms with van der Waals surface area (Å²) in [6, 6.07) is -0.604. The van der Waals surface area contributed by atoms with E-state index in [0.29, 0.717) is 0 Å². The number of hydrogen-bond donors (Lipinski definition) is 4. The van der Waals surface area contributed by atoms with Crippen LogP contribution in [0.25, 0.3) is 0 Å². The van der Waals surface area contributed by atoms with Crippen LogP contribution in [-0.2, 0) is 4.74 Å². The van der Waals surface area contributed by atoms with Crippen molar-refractivity contribution in [1.82, 2.24) is 0 Å². The summed E-state index contributed by atoms with van der Waals surface area (Å²) in [7, 11) is 0. The van der Waals surface area contributed by atoms with Crippen molar-refractivity contribution in [1.29, 1.82) is 0 Å². The fourth-order valence-corrected chi connectivity index (χ4v) is 1.77. The molecule has 5 N–H and O–H groups in total. The predicted octanol–water partition coefficient (Wildman–Crippen LogP) is -1.55. The van der Waals surface area contributed by atoms with Gasteiger partial charge in [-0.15, -0.1) is 0 Å². The molecule has 1 rings (SSSR count). The van der Waals surface area contributed by atoms with E-state index in [1.165, 1.54) is 0 Å². The minimum atomic E-state index is -1.11. The van der Waals surface area contributed by atoms with Crippen LogP contribution in [0.2, 0.25) is 0 Å². The van der Waals surface area contributed by atoms with E-state index < -0.39 is 24.4 Å². The number of ether oxygens (including phenoxy) is 1. The van der Waals surface area contributed by atoms with Crippen LogP contribution in [0, 0.1) is 5.92 Å². The van der Waals surface area contributed by atoms with E-state index >= 15 is 0 Å². The maximum Gasteiger partial charge on any atom is 0.110 e. The third kappa shape index (κ3) is 2.07. The Morgan fingerprint density at radius 1 is 1.29 bits per heavy atom. The Bertz CT molecular complexity index is 186. The molecule has 1 aliphatic rings. The van der Waals surface area contributed by atoms with Crippen molar-refractivity contribution in [3.63, 3.8) is 0 Å². The van der Waals surface area contributed by atoms with Crippen molar-refractivity contribution in [3.8, 4) is 0 Å². The summed E-state index contributed by atoms with van der Waals surface area (Å²) in [6.45, 7) is 3.53. The first kappa shape index (κ1) is 11.9. The molecule has 14 heavy (non-hydrogen) atoms. The molecule has 84 valence electrons. The van der Waals surface area contributed by atoms with Gasteiger partial charge >= 0.3 is 0 Å². The summed E-state index contributed by atoms with van der Waals surface area (Å²) in [5.41, 5.74) is 5.71. The van der Waals surface area contributed by atoms with Gasteiger partial charge < -0.3 is 25.8 Å². The molecular weight excluding hydrogens is 186 g/mol. The van der Waals surface area contributed by atoms with Gasteiger partial charge in [-0.1, -0.05) is 13.8 Å². The van der Waals surface area contributed by atoms with Gasteiger partial charge in [0.2, 0.25) is 0 Å². The van der Waals surface area contributed by atoms with E-state index in [-0.39, 0.29) is 18.6 Å². The molecule has 0 aromatic heterocycles. The Morgan fingerprint density at radius 2 is 1.86 bits per heavy atom. The predicted molar refractivity (Wildman–Crippen MR) is 50.6 cm³/mol. The van der Waals surface area contributed by atoms with Crippen LogP contribution in [0.5, 0.6) is 0 Å². The average Bonchev–Trinajstić information content (AvgIpc) is 2.14. The summed E-state index contributed by atoms with van der Waals surface area (Å²) < 4.78 is 5.41. The SMILES string of the molecule is CC(C)[C@@H]1OC(CO)[C@@H](O)C(O)C1N. The van der Waals surface area contributed by atoms with E-state index in [1.54, 1.807) is 0 Å². The summed E-state index contributed by atoms with van der Waals surface area (Å²) in [4.78, 5) is 0. The zero-order valence-corrected chi connectivity index (χ0v) is 8.50. The molecule has 1 fully saturated rings. The fourth-order valence-electron chi connectivity index (χ4n) is 1.77. The molecule has 0 aromatic carbocycles. The molecule has 5 nitrogen and oxygen atoms in total. The lowest BCUT2D eigenvalue weighted by Gasteiger charge is -2.42. The lowest BCUT2D eigenvalue weighted by atomic mass is 9.88. The largest absolute Gasteiger partial charge is 0.394 e. The van der Waals surface area contributed by atoms with E-state index in [4.69, 9.17) is 15.6 Å². The molecule has 5 heteroatoms. The van der Waals surface area contributed by atoms with E-state index in [1.807, 2.05) is 13.8 Å². The van der Waals surface area contributed by atoms with Gasteiger partial charge in [0.1, 0.15) is 18.3 Å².